The summed E-state index contributed by atoms with van der Waals surface area (Å²) in [5.41, 5.74) is 1.73. The molecule has 0 bridgehead atoms. The fourth-order valence-corrected chi connectivity index (χ4v) is 3.55. The first-order valence-electron chi connectivity index (χ1n) is 7.50. The van der Waals surface area contributed by atoms with Crippen LogP contribution < -0.4 is 0 Å². The summed E-state index contributed by atoms with van der Waals surface area (Å²) < 4.78 is 32.2. The van der Waals surface area contributed by atoms with Gasteiger partial charge in [-0.2, -0.15) is 4.31 Å². The van der Waals surface area contributed by atoms with Crippen molar-refractivity contribution in [2.24, 2.45) is 0 Å². The number of aryl methyl sites for hydroxylation is 1. The van der Waals surface area contributed by atoms with Crippen LogP contribution in [0, 0.1) is 6.92 Å². The maximum atomic E-state index is 12.7. The van der Waals surface area contributed by atoms with E-state index in [0.29, 0.717) is 18.2 Å². The lowest BCUT2D eigenvalue weighted by Gasteiger charge is -2.17. The number of hydrogen-bond acceptors (Lipinski definition) is 4. The first-order valence-corrected chi connectivity index (χ1v) is 8.94. The van der Waals surface area contributed by atoms with E-state index in [0.717, 1.165) is 11.1 Å². The first-order chi connectivity index (χ1) is 11.5. The van der Waals surface area contributed by atoms with Crippen LogP contribution in [-0.2, 0) is 16.6 Å². The Morgan fingerprint density at radius 3 is 2.29 bits per heavy atom. The van der Waals surface area contributed by atoms with Gasteiger partial charge in [0.2, 0.25) is 10.0 Å². The first kappa shape index (κ1) is 16.4. The average molecular weight is 342 g/mol. The molecule has 0 saturated carbocycles. The van der Waals surface area contributed by atoms with Crippen LogP contribution in [0.1, 0.15) is 11.5 Å². The second-order valence-corrected chi connectivity index (χ2v) is 7.56. The van der Waals surface area contributed by atoms with E-state index in [1.54, 1.807) is 44.4 Å². The largest absolute Gasteiger partial charge is 0.441 e. The second kappa shape index (κ2) is 6.59. The van der Waals surface area contributed by atoms with Crippen molar-refractivity contribution in [2.45, 2.75) is 18.4 Å². The van der Waals surface area contributed by atoms with Crippen molar-refractivity contribution in [3.05, 3.63) is 72.2 Å². The van der Waals surface area contributed by atoms with Gasteiger partial charge in [-0.25, -0.2) is 13.4 Å². The van der Waals surface area contributed by atoms with Gasteiger partial charge in [0.05, 0.1) is 11.1 Å². The monoisotopic (exact) mass is 342 g/mol. The smallest absolute Gasteiger partial charge is 0.243 e. The van der Waals surface area contributed by atoms with Crippen LogP contribution in [0.5, 0.6) is 0 Å². The predicted molar refractivity (Wildman–Crippen MR) is 91.8 cm³/mol. The van der Waals surface area contributed by atoms with E-state index in [2.05, 4.69) is 4.98 Å². The van der Waals surface area contributed by atoms with Gasteiger partial charge in [0.15, 0.2) is 11.7 Å². The van der Waals surface area contributed by atoms with Crippen molar-refractivity contribution in [1.29, 1.82) is 0 Å². The summed E-state index contributed by atoms with van der Waals surface area (Å²) in [6, 6.07) is 16.1. The molecule has 0 spiro atoms. The molecular weight excluding hydrogens is 324 g/mol. The number of sulfonamides is 1. The van der Waals surface area contributed by atoms with Gasteiger partial charge in [0.25, 0.3) is 0 Å². The molecule has 0 aliphatic carbocycles. The van der Waals surface area contributed by atoms with E-state index >= 15 is 0 Å². The molecular formula is C18H18N2O3S. The van der Waals surface area contributed by atoms with Crippen LogP contribution in [0.3, 0.4) is 0 Å². The minimum atomic E-state index is -3.54. The molecule has 0 N–H and O–H groups in total. The molecule has 1 heterocycles. The molecule has 3 rings (SSSR count). The van der Waals surface area contributed by atoms with E-state index in [4.69, 9.17) is 4.42 Å². The summed E-state index contributed by atoms with van der Waals surface area (Å²) in [5, 5.41) is 0. The summed E-state index contributed by atoms with van der Waals surface area (Å²) in [6.07, 6.45) is 1.63. The van der Waals surface area contributed by atoms with Crippen molar-refractivity contribution in [1.82, 2.24) is 9.29 Å². The molecule has 0 radical (unpaired) electrons. The lowest BCUT2D eigenvalue weighted by Crippen LogP contribution is -2.26. The quantitative estimate of drug-likeness (QED) is 0.712. The zero-order valence-electron chi connectivity index (χ0n) is 13.5. The number of benzene rings is 2. The van der Waals surface area contributed by atoms with Gasteiger partial charge >= 0.3 is 0 Å². The molecule has 1 aromatic heterocycles. The van der Waals surface area contributed by atoms with Gasteiger partial charge in [-0.1, -0.05) is 30.3 Å². The molecule has 2 aromatic carbocycles. The second-order valence-electron chi connectivity index (χ2n) is 5.51. The van der Waals surface area contributed by atoms with Gasteiger partial charge in [0, 0.05) is 26.1 Å². The standard InChI is InChI=1S/C18H18N2O3S/c1-14-19-12-18(23-14)16-8-10-17(11-9-16)24(21,22)20(2)13-15-6-4-3-5-7-15/h3-12H,13H2,1-2H3. The predicted octanol–water partition coefficient (Wildman–Crippen LogP) is 3.47. The highest BCUT2D eigenvalue weighted by atomic mass is 32.2. The Balaban J connectivity index is 1.81. The normalized spacial score (nSPS) is 11.8. The summed E-state index contributed by atoms with van der Waals surface area (Å²) in [4.78, 5) is 4.30. The minimum absolute atomic E-state index is 0.251. The SMILES string of the molecule is Cc1ncc(-c2ccc(S(=O)(=O)N(C)Cc3ccccc3)cc2)o1. The minimum Gasteiger partial charge on any atom is -0.441 e. The third kappa shape index (κ3) is 3.39. The fraction of sp³-hybridized carbons (Fsp3) is 0.167. The number of oxazole rings is 1. The van der Waals surface area contributed by atoms with E-state index < -0.39 is 10.0 Å². The van der Waals surface area contributed by atoms with Gasteiger partial charge in [-0.15, -0.1) is 0 Å². The maximum absolute atomic E-state index is 12.7. The highest BCUT2D eigenvalue weighted by Gasteiger charge is 2.21. The van der Waals surface area contributed by atoms with Crippen molar-refractivity contribution >= 4 is 10.0 Å². The molecule has 5 nitrogen and oxygen atoms in total. The molecule has 3 aromatic rings. The van der Waals surface area contributed by atoms with Crippen molar-refractivity contribution < 1.29 is 12.8 Å². The number of nitrogens with zero attached hydrogens (tertiary/aromatic N) is 2. The summed E-state index contributed by atoms with van der Waals surface area (Å²) in [6.45, 7) is 2.09. The molecule has 0 amide bonds. The molecule has 0 saturated heterocycles. The highest BCUT2D eigenvalue weighted by Crippen LogP contribution is 2.23. The van der Waals surface area contributed by atoms with Crippen LogP contribution in [0.15, 0.2) is 70.1 Å². The molecule has 0 aliphatic rings. The van der Waals surface area contributed by atoms with Crippen molar-refractivity contribution in [2.75, 3.05) is 7.05 Å². The Morgan fingerprint density at radius 1 is 1.04 bits per heavy atom. The van der Waals surface area contributed by atoms with E-state index in [1.165, 1.54) is 4.31 Å². The van der Waals surface area contributed by atoms with Gasteiger partial charge in [0.1, 0.15) is 0 Å². The van der Waals surface area contributed by atoms with Gasteiger partial charge < -0.3 is 4.42 Å². The van der Waals surface area contributed by atoms with E-state index in [1.807, 2.05) is 30.3 Å². The van der Waals surface area contributed by atoms with Crippen LogP contribution in [0.2, 0.25) is 0 Å². The number of hydrogen-bond donors (Lipinski definition) is 0. The highest BCUT2D eigenvalue weighted by molar-refractivity contribution is 7.89. The Bertz CT molecular complexity index is 916. The zero-order valence-corrected chi connectivity index (χ0v) is 14.3. The summed E-state index contributed by atoms with van der Waals surface area (Å²) in [5.74, 6) is 1.19. The maximum Gasteiger partial charge on any atom is 0.243 e. The lowest BCUT2D eigenvalue weighted by atomic mass is 10.2. The lowest BCUT2D eigenvalue weighted by molar-refractivity contribution is 0.466. The molecule has 0 aliphatic heterocycles. The third-order valence-electron chi connectivity index (χ3n) is 3.72. The van der Waals surface area contributed by atoms with Crippen LogP contribution >= 0.6 is 0 Å². The van der Waals surface area contributed by atoms with E-state index in [-0.39, 0.29) is 4.90 Å². The molecule has 124 valence electrons. The molecule has 24 heavy (non-hydrogen) atoms. The molecule has 6 heteroatoms. The van der Waals surface area contributed by atoms with E-state index in [9.17, 15) is 8.42 Å². The Hall–Kier alpha value is -2.44. The van der Waals surface area contributed by atoms with Crippen LogP contribution in [-0.4, -0.2) is 24.8 Å². The van der Waals surface area contributed by atoms with Crippen LogP contribution in [0.4, 0.5) is 0 Å². The molecule has 0 unspecified atom stereocenters. The summed E-state index contributed by atoms with van der Waals surface area (Å²) in [7, 11) is -1.96. The Labute approximate surface area is 141 Å². The van der Waals surface area contributed by atoms with Crippen molar-refractivity contribution in [3.63, 3.8) is 0 Å². The Kier molecular flexibility index (Phi) is 4.51. The number of aromatic nitrogens is 1. The fourth-order valence-electron chi connectivity index (χ4n) is 2.39. The molecule has 0 atom stereocenters. The van der Waals surface area contributed by atoms with Crippen molar-refractivity contribution in [3.8, 4) is 11.3 Å². The van der Waals surface area contributed by atoms with Crippen LogP contribution in [0.25, 0.3) is 11.3 Å². The summed E-state index contributed by atoms with van der Waals surface area (Å²) >= 11 is 0. The van der Waals surface area contributed by atoms with Gasteiger partial charge in [-0.3, -0.25) is 0 Å². The third-order valence-corrected chi connectivity index (χ3v) is 5.53. The number of rotatable bonds is 5. The Morgan fingerprint density at radius 2 is 1.71 bits per heavy atom. The van der Waals surface area contributed by atoms with Gasteiger partial charge in [-0.05, 0) is 29.8 Å². The molecule has 0 fully saturated rings. The average Bonchev–Trinajstić information content (AvgIpc) is 3.02. The topological polar surface area (TPSA) is 63.4 Å². The zero-order chi connectivity index (χ0) is 17.2.